The molecule has 4 rings (SSSR count). The van der Waals surface area contributed by atoms with Crippen LogP contribution < -0.4 is 5.32 Å². The Morgan fingerprint density at radius 1 is 1.12 bits per heavy atom. The second kappa shape index (κ2) is 7.38. The number of benzene rings is 2. The number of rotatable bonds is 5. The average molecular weight is 353 g/mol. The van der Waals surface area contributed by atoms with E-state index >= 15 is 0 Å². The third-order valence-electron chi connectivity index (χ3n) is 4.99. The number of halogens is 2. The van der Waals surface area contributed by atoms with Gasteiger partial charge in [-0.2, -0.15) is 5.10 Å². The first kappa shape index (κ1) is 16.9. The van der Waals surface area contributed by atoms with Crippen LogP contribution in [0.5, 0.6) is 0 Å². The first-order chi connectivity index (χ1) is 12.7. The van der Waals surface area contributed by atoms with Gasteiger partial charge >= 0.3 is 0 Å². The molecule has 1 aromatic heterocycles. The minimum Gasteiger partial charge on any atom is -0.306 e. The molecule has 0 amide bonds. The Hall–Kier alpha value is -2.53. The van der Waals surface area contributed by atoms with E-state index in [1.165, 1.54) is 29.0 Å². The summed E-state index contributed by atoms with van der Waals surface area (Å²) in [5.74, 6) is -1.05. The normalized spacial score (nSPS) is 16.5. The van der Waals surface area contributed by atoms with Crippen molar-refractivity contribution < 1.29 is 8.78 Å². The highest BCUT2D eigenvalue weighted by Crippen LogP contribution is 2.30. The summed E-state index contributed by atoms with van der Waals surface area (Å²) in [7, 11) is 0. The second-order valence-corrected chi connectivity index (χ2v) is 6.75. The van der Waals surface area contributed by atoms with Crippen molar-refractivity contribution in [2.75, 3.05) is 0 Å². The maximum atomic E-state index is 13.9. The van der Waals surface area contributed by atoms with Crippen molar-refractivity contribution in [1.82, 2.24) is 15.1 Å². The third kappa shape index (κ3) is 3.53. The summed E-state index contributed by atoms with van der Waals surface area (Å²) in [5.41, 5.74) is 4.14. The highest BCUT2D eigenvalue weighted by Gasteiger charge is 2.24. The highest BCUT2D eigenvalue weighted by atomic mass is 19.1. The van der Waals surface area contributed by atoms with Gasteiger partial charge in [0.15, 0.2) is 0 Å². The number of aromatic nitrogens is 2. The van der Waals surface area contributed by atoms with Gasteiger partial charge in [0.25, 0.3) is 0 Å². The fourth-order valence-electron chi connectivity index (χ4n) is 3.62. The fraction of sp³-hybridized carbons (Fsp3) is 0.286. The van der Waals surface area contributed by atoms with Gasteiger partial charge < -0.3 is 5.32 Å². The van der Waals surface area contributed by atoms with Crippen molar-refractivity contribution in [3.63, 3.8) is 0 Å². The van der Waals surface area contributed by atoms with Crippen LogP contribution in [0.4, 0.5) is 8.78 Å². The third-order valence-corrected chi connectivity index (χ3v) is 4.99. The van der Waals surface area contributed by atoms with E-state index in [4.69, 9.17) is 0 Å². The number of fused-ring (bicyclic) bond motifs is 1. The lowest BCUT2D eigenvalue weighted by molar-refractivity contribution is 0.443. The van der Waals surface area contributed by atoms with Gasteiger partial charge in [0.2, 0.25) is 0 Å². The fourth-order valence-corrected chi connectivity index (χ4v) is 3.62. The molecule has 0 spiro atoms. The molecule has 0 saturated carbocycles. The zero-order chi connectivity index (χ0) is 17.9. The lowest BCUT2D eigenvalue weighted by atomic mass is 9.92. The molecule has 2 aromatic carbocycles. The van der Waals surface area contributed by atoms with Gasteiger partial charge in [-0.15, -0.1) is 0 Å². The van der Waals surface area contributed by atoms with Crippen molar-refractivity contribution in [3.8, 4) is 0 Å². The van der Waals surface area contributed by atoms with Crippen LogP contribution in [0.2, 0.25) is 0 Å². The standard InChI is InChI=1S/C21H21F2N3/c22-17-10-9-16(19(23)11-17)12-24-20-7-4-8-21-18(20)13-25-26(21)14-15-5-2-1-3-6-15/h1-3,5-6,9-11,13,20,24H,4,7-8,12,14H2/t20-/m1/s1. The zero-order valence-electron chi connectivity index (χ0n) is 14.5. The predicted octanol–water partition coefficient (Wildman–Crippen LogP) is 4.38. The van der Waals surface area contributed by atoms with Gasteiger partial charge in [0, 0.05) is 35.5 Å². The molecule has 1 N–H and O–H groups in total. The molecular weight excluding hydrogens is 332 g/mol. The predicted molar refractivity (Wildman–Crippen MR) is 96.6 cm³/mol. The quantitative estimate of drug-likeness (QED) is 0.738. The Morgan fingerprint density at radius 3 is 2.77 bits per heavy atom. The molecule has 0 bridgehead atoms. The molecule has 5 heteroatoms. The van der Waals surface area contributed by atoms with Crippen LogP contribution in [-0.4, -0.2) is 9.78 Å². The summed E-state index contributed by atoms with van der Waals surface area (Å²) in [6.07, 6.45) is 4.99. The van der Waals surface area contributed by atoms with E-state index in [0.717, 1.165) is 31.9 Å². The van der Waals surface area contributed by atoms with E-state index in [1.54, 1.807) is 0 Å². The highest BCUT2D eigenvalue weighted by molar-refractivity contribution is 5.27. The summed E-state index contributed by atoms with van der Waals surface area (Å²) in [4.78, 5) is 0. The molecule has 1 aliphatic rings. The minimum atomic E-state index is -0.548. The Labute approximate surface area is 151 Å². The summed E-state index contributed by atoms with van der Waals surface area (Å²) in [6, 6.07) is 14.2. The van der Waals surface area contributed by atoms with Crippen LogP contribution in [0.25, 0.3) is 0 Å². The van der Waals surface area contributed by atoms with E-state index in [2.05, 4.69) is 27.2 Å². The molecule has 0 aliphatic heterocycles. The maximum Gasteiger partial charge on any atom is 0.130 e. The Balaban J connectivity index is 1.49. The lowest BCUT2D eigenvalue weighted by Gasteiger charge is -2.24. The van der Waals surface area contributed by atoms with Gasteiger partial charge in [-0.1, -0.05) is 36.4 Å². The van der Waals surface area contributed by atoms with Gasteiger partial charge in [0.1, 0.15) is 11.6 Å². The van der Waals surface area contributed by atoms with Crippen molar-refractivity contribution in [1.29, 1.82) is 0 Å². The van der Waals surface area contributed by atoms with Crippen LogP contribution in [0, 0.1) is 11.6 Å². The zero-order valence-corrected chi connectivity index (χ0v) is 14.5. The molecule has 1 aliphatic carbocycles. The largest absolute Gasteiger partial charge is 0.306 e. The van der Waals surface area contributed by atoms with Crippen molar-refractivity contribution in [2.24, 2.45) is 0 Å². The smallest absolute Gasteiger partial charge is 0.130 e. The topological polar surface area (TPSA) is 29.9 Å². The minimum absolute atomic E-state index is 0.146. The molecular formula is C21H21F2N3. The van der Waals surface area contributed by atoms with Crippen molar-refractivity contribution in [3.05, 3.63) is 88.7 Å². The van der Waals surface area contributed by atoms with E-state index in [-0.39, 0.29) is 6.04 Å². The SMILES string of the molecule is Fc1ccc(CN[C@@H]2CCCc3c2cnn3Cc2ccccc2)c(F)c1. The van der Waals surface area contributed by atoms with Crippen molar-refractivity contribution in [2.45, 2.75) is 38.4 Å². The average Bonchev–Trinajstić information content (AvgIpc) is 3.05. The Bertz CT molecular complexity index is 890. The van der Waals surface area contributed by atoms with Crippen LogP contribution in [0.3, 0.4) is 0 Å². The van der Waals surface area contributed by atoms with E-state index in [9.17, 15) is 8.78 Å². The van der Waals surface area contributed by atoms with Crippen LogP contribution in [-0.2, 0) is 19.5 Å². The molecule has 134 valence electrons. The molecule has 1 heterocycles. The molecule has 0 radical (unpaired) electrons. The summed E-state index contributed by atoms with van der Waals surface area (Å²) < 4.78 is 29.0. The molecule has 1 atom stereocenters. The van der Waals surface area contributed by atoms with E-state index < -0.39 is 11.6 Å². The Morgan fingerprint density at radius 2 is 1.96 bits per heavy atom. The first-order valence-electron chi connectivity index (χ1n) is 8.96. The Kier molecular flexibility index (Phi) is 4.80. The number of hydrogen-bond donors (Lipinski definition) is 1. The van der Waals surface area contributed by atoms with E-state index in [0.29, 0.717) is 12.1 Å². The van der Waals surface area contributed by atoms with Gasteiger partial charge in [0.05, 0.1) is 12.7 Å². The van der Waals surface area contributed by atoms with Crippen LogP contribution >= 0.6 is 0 Å². The van der Waals surface area contributed by atoms with Gasteiger partial charge in [-0.3, -0.25) is 4.68 Å². The van der Waals surface area contributed by atoms with Gasteiger partial charge in [-0.25, -0.2) is 8.78 Å². The van der Waals surface area contributed by atoms with Crippen LogP contribution in [0.1, 0.15) is 41.3 Å². The first-order valence-corrected chi connectivity index (χ1v) is 8.96. The lowest BCUT2D eigenvalue weighted by Crippen LogP contribution is -2.25. The summed E-state index contributed by atoms with van der Waals surface area (Å²) in [6.45, 7) is 1.13. The molecule has 0 fully saturated rings. The van der Waals surface area contributed by atoms with Crippen molar-refractivity contribution >= 4 is 0 Å². The van der Waals surface area contributed by atoms with Gasteiger partial charge in [-0.05, 0) is 30.9 Å². The molecule has 26 heavy (non-hydrogen) atoms. The number of nitrogens with one attached hydrogen (secondary N) is 1. The summed E-state index contributed by atoms with van der Waals surface area (Å²) >= 11 is 0. The molecule has 0 unspecified atom stereocenters. The molecule has 3 aromatic rings. The maximum absolute atomic E-state index is 13.9. The van der Waals surface area contributed by atoms with E-state index in [1.807, 2.05) is 24.4 Å². The summed E-state index contributed by atoms with van der Waals surface area (Å²) in [5, 5.41) is 8.00. The monoisotopic (exact) mass is 353 g/mol. The molecule has 3 nitrogen and oxygen atoms in total. The second-order valence-electron chi connectivity index (χ2n) is 6.75. The van der Waals surface area contributed by atoms with Crippen LogP contribution in [0.15, 0.2) is 54.7 Å². The number of hydrogen-bond acceptors (Lipinski definition) is 2. The number of nitrogens with zero attached hydrogens (tertiary/aromatic N) is 2. The molecule has 0 saturated heterocycles.